The average molecular weight is 327 g/mol. The number of hydrogen-bond donors (Lipinski definition) is 2. The molecule has 2 aliphatic heterocycles. The molecule has 7 heteroatoms. The van der Waals surface area contributed by atoms with Crippen LogP contribution in [0.25, 0.3) is 0 Å². The van der Waals surface area contributed by atoms with E-state index in [0.717, 1.165) is 6.42 Å². The van der Waals surface area contributed by atoms with Gasteiger partial charge in [-0.3, -0.25) is 4.79 Å². The number of rotatable bonds is 4. The molecule has 0 aromatic heterocycles. The summed E-state index contributed by atoms with van der Waals surface area (Å²) in [4.78, 5) is 25.4. The first kappa shape index (κ1) is 18.0. The van der Waals surface area contributed by atoms with Crippen LogP contribution in [0.5, 0.6) is 0 Å². The van der Waals surface area contributed by atoms with Gasteiger partial charge in [0.15, 0.2) is 0 Å². The standard InChI is InChI=1S/C16H29N3O4/c1-11(18-12-8-14(20)17-9-12)7-13-10-22-6-5-19(13)15(21)23-16(2,3)4/h11-13,18H,5-10H2,1-4H3,(H,17,20). The Hall–Kier alpha value is -1.34. The molecule has 0 bridgehead atoms. The summed E-state index contributed by atoms with van der Waals surface area (Å²) in [6.45, 7) is 9.96. The molecule has 7 nitrogen and oxygen atoms in total. The van der Waals surface area contributed by atoms with Gasteiger partial charge in [0.05, 0.1) is 19.3 Å². The van der Waals surface area contributed by atoms with Gasteiger partial charge in [-0.15, -0.1) is 0 Å². The molecule has 2 heterocycles. The molecule has 2 aliphatic rings. The number of morpholine rings is 1. The first-order valence-electron chi connectivity index (χ1n) is 8.34. The van der Waals surface area contributed by atoms with E-state index in [2.05, 4.69) is 17.6 Å². The summed E-state index contributed by atoms with van der Waals surface area (Å²) >= 11 is 0. The van der Waals surface area contributed by atoms with Crippen molar-refractivity contribution in [3.63, 3.8) is 0 Å². The number of carbonyl (C=O) groups is 2. The highest BCUT2D eigenvalue weighted by molar-refractivity contribution is 5.78. The predicted octanol–water partition coefficient (Wildman–Crippen LogP) is 0.879. The van der Waals surface area contributed by atoms with Gasteiger partial charge < -0.3 is 25.0 Å². The summed E-state index contributed by atoms with van der Waals surface area (Å²) in [6.07, 6.45) is 1.00. The van der Waals surface area contributed by atoms with Crippen molar-refractivity contribution in [3.05, 3.63) is 0 Å². The number of amides is 2. The smallest absolute Gasteiger partial charge is 0.410 e. The molecule has 3 unspecified atom stereocenters. The molecule has 0 aromatic carbocycles. The molecule has 0 aromatic rings. The average Bonchev–Trinajstić information content (AvgIpc) is 2.82. The van der Waals surface area contributed by atoms with E-state index in [-0.39, 0.29) is 30.1 Å². The van der Waals surface area contributed by atoms with Gasteiger partial charge in [-0.1, -0.05) is 0 Å². The topological polar surface area (TPSA) is 79.9 Å². The van der Waals surface area contributed by atoms with Gasteiger partial charge in [-0.2, -0.15) is 0 Å². The maximum absolute atomic E-state index is 12.4. The van der Waals surface area contributed by atoms with E-state index in [0.29, 0.717) is 32.7 Å². The van der Waals surface area contributed by atoms with E-state index in [9.17, 15) is 9.59 Å². The van der Waals surface area contributed by atoms with Crippen LogP contribution in [0.2, 0.25) is 0 Å². The fourth-order valence-electron chi connectivity index (χ4n) is 3.01. The molecule has 2 fully saturated rings. The molecule has 23 heavy (non-hydrogen) atoms. The van der Waals surface area contributed by atoms with Gasteiger partial charge >= 0.3 is 6.09 Å². The van der Waals surface area contributed by atoms with E-state index in [1.54, 1.807) is 4.90 Å². The van der Waals surface area contributed by atoms with Crippen molar-refractivity contribution in [2.24, 2.45) is 0 Å². The fourth-order valence-corrected chi connectivity index (χ4v) is 3.01. The molecule has 3 atom stereocenters. The Labute approximate surface area is 138 Å². The van der Waals surface area contributed by atoms with Crippen molar-refractivity contribution in [3.8, 4) is 0 Å². The van der Waals surface area contributed by atoms with Gasteiger partial charge in [-0.05, 0) is 34.1 Å². The number of nitrogens with zero attached hydrogens (tertiary/aromatic N) is 1. The van der Waals surface area contributed by atoms with Crippen LogP contribution in [0.15, 0.2) is 0 Å². The van der Waals surface area contributed by atoms with Gasteiger partial charge in [0.1, 0.15) is 5.60 Å². The summed E-state index contributed by atoms with van der Waals surface area (Å²) in [7, 11) is 0. The first-order chi connectivity index (χ1) is 10.7. The highest BCUT2D eigenvalue weighted by Gasteiger charge is 2.32. The summed E-state index contributed by atoms with van der Waals surface area (Å²) in [6, 6.07) is 0.340. The highest BCUT2D eigenvalue weighted by atomic mass is 16.6. The second kappa shape index (κ2) is 7.49. The molecule has 0 aliphatic carbocycles. The largest absolute Gasteiger partial charge is 0.444 e. The number of carbonyl (C=O) groups excluding carboxylic acids is 2. The molecule has 2 amide bonds. The summed E-state index contributed by atoms with van der Waals surface area (Å²) < 4.78 is 11.0. The van der Waals surface area contributed by atoms with Crippen LogP contribution in [-0.4, -0.2) is 66.9 Å². The third-order valence-corrected chi connectivity index (χ3v) is 3.98. The van der Waals surface area contributed by atoms with Crippen molar-refractivity contribution >= 4 is 12.0 Å². The van der Waals surface area contributed by atoms with E-state index < -0.39 is 5.60 Å². The van der Waals surface area contributed by atoms with Crippen LogP contribution in [0.4, 0.5) is 4.79 Å². The van der Waals surface area contributed by atoms with Crippen molar-refractivity contribution in [2.75, 3.05) is 26.3 Å². The SMILES string of the molecule is CC(CC1COCCN1C(=O)OC(C)(C)C)NC1CNC(=O)C1. The third kappa shape index (κ3) is 5.66. The molecule has 0 radical (unpaired) electrons. The highest BCUT2D eigenvalue weighted by Crippen LogP contribution is 2.18. The fraction of sp³-hybridized carbons (Fsp3) is 0.875. The maximum atomic E-state index is 12.4. The Bertz CT molecular complexity index is 436. The summed E-state index contributed by atoms with van der Waals surface area (Å²) in [5.41, 5.74) is -0.500. The van der Waals surface area contributed by atoms with Gasteiger partial charge in [0.25, 0.3) is 0 Å². The normalized spacial score (nSPS) is 26.8. The Balaban J connectivity index is 1.87. The van der Waals surface area contributed by atoms with Crippen molar-refractivity contribution < 1.29 is 19.1 Å². The lowest BCUT2D eigenvalue weighted by atomic mass is 10.1. The van der Waals surface area contributed by atoms with Gasteiger partial charge in [-0.25, -0.2) is 4.79 Å². The first-order valence-corrected chi connectivity index (χ1v) is 8.34. The van der Waals surface area contributed by atoms with E-state index in [1.165, 1.54) is 0 Å². The lowest BCUT2D eigenvalue weighted by molar-refractivity contribution is -0.119. The Morgan fingerprint density at radius 3 is 2.87 bits per heavy atom. The third-order valence-electron chi connectivity index (χ3n) is 3.98. The van der Waals surface area contributed by atoms with Crippen LogP contribution in [0.1, 0.15) is 40.5 Å². The second-order valence-corrected chi connectivity index (χ2v) is 7.41. The second-order valence-electron chi connectivity index (χ2n) is 7.41. The summed E-state index contributed by atoms with van der Waals surface area (Å²) in [5.74, 6) is 0.0890. The zero-order chi connectivity index (χ0) is 17.0. The number of nitrogens with one attached hydrogen (secondary N) is 2. The number of ether oxygens (including phenoxy) is 2. The van der Waals surface area contributed by atoms with Gasteiger partial charge in [0, 0.05) is 31.6 Å². The van der Waals surface area contributed by atoms with Gasteiger partial charge in [0.2, 0.25) is 5.91 Å². The van der Waals surface area contributed by atoms with E-state index in [4.69, 9.17) is 9.47 Å². The lowest BCUT2D eigenvalue weighted by Crippen LogP contribution is -2.53. The molecule has 2 rings (SSSR count). The Morgan fingerprint density at radius 2 is 2.26 bits per heavy atom. The van der Waals surface area contributed by atoms with Crippen LogP contribution in [-0.2, 0) is 14.3 Å². The minimum Gasteiger partial charge on any atom is -0.444 e. The minimum atomic E-state index is -0.500. The zero-order valence-corrected chi connectivity index (χ0v) is 14.6. The molecule has 132 valence electrons. The Kier molecular flexibility index (Phi) is 5.86. The van der Waals surface area contributed by atoms with Crippen LogP contribution in [0, 0.1) is 0 Å². The predicted molar refractivity (Wildman–Crippen MR) is 86.2 cm³/mol. The molecule has 2 N–H and O–H groups in total. The molecule has 0 saturated carbocycles. The van der Waals surface area contributed by atoms with Crippen LogP contribution >= 0.6 is 0 Å². The summed E-state index contributed by atoms with van der Waals surface area (Å²) in [5, 5.41) is 6.27. The van der Waals surface area contributed by atoms with E-state index in [1.807, 2.05) is 20.8 Å². The quantitative estimate of drug-likeness (QED) is 0.801. The number of hydrogen-bond acceptors (Lipinski definition) is 5. The Morgan fingerprint density at radius 1 is 1.52 bits per heavy atom. The zero-order valence-electron chi connectivity index (χ0n) is 14.6. The van der Waals surface area contributed by atoms with Crippen molar-refractivity contribution in [2.45, 2.75) is 64.3 Å². The molecular weight excluding hydrogens is 298 g/mol. The van der Waals surface area contributed by atoms with E-state index >= 15 is 0 Å². The molecule has 0 spiro atoms. The maximum Gasteiger partial charge on any atom is 0.410 e. The van der Waals surface area contributed by atoms with Crippen LogP contribution in [0.3, 0.4) is 0 Å². The molecular formula is C16H29N3O4. The molecule has 2 saturated heterocycles. The minimum absolute atomic E-state index is 0.00818. The van der Waals surface area contributed by atoms with Crippen molar-refractivity contribution in [1.82, 2.24) is 15.5 Å². The van der Waals surface area contributed by atoms with Crippen molar-refractivity contribution in [1.29, 1.82) is 0 Å². The van der Waals surface area contributed by atoms with Crippen LogP contribution < -0.4 is 10.6 Å². The lowest BCUT2D eigenvalue weighted by Gasteiger charge is -2.38. The monoisotopic (exact) mass is 327 g/mol.